The highest BCUT2D eigenvalue weighted by molar-refractivity contribution is 6.05. The summed E-state index contributed by atoms with van der Waals surface area (Å²) < 4.78 is 0. The minimum absolute atomic E-state index is 0.180. The first kappa shape index (κ1) is 21.2. The van der Waals surface area contributed by atoms with Crippen molar-refractivity contribution in [2.75, 3.05) is 0 Å². The fourth-order valence-electron chi connectivity index (χ4n) is 8.29. The molecule has 29 heavy (non-hydrogen) atoms. The zero-order valence-electron chi connectivity index (χ0n) is 19.5. The summed E-state index contributed by atoms with van der Waals surface area (Å²) in [6.45, 7) is 12.4. The maximum atomic E-state index is 9.22. The molecule has 3 saturated carbocycles. The van der Waals surface area contributed by atoms with Crippen LogP contribution in [0, 0.1) is 46.3 Å². The van der Waals surface area contributed by atoms with Crippen molar-refractivity contribution >= 4 is 5.71 Å². The van der Waals surface area contributed by atoms with E-state index in [0.717, 1.165) is 41.2 Å². The molecule has 0 heterocycles. The first-order chi connectivity index (χ1) is 13.8. The molecule has 0 saturated heterocycles. The van der Waals surface area contributed by atoms with E-state index in [9.17, 15) is 5.21 Å². The van der Waals surface area contributed by atoms with Crippen molar-refractivity contribution in [2.24, 2.45) is 51.5 Å². The molecule has 4 rings (SSSR count). The van der Waals surface area contributed by atoms with Gasteiger partial charge in [0.1, 0.15) is 5.71 Å². The average molecular weight is 398 g/mol. The summed E-state index contributed by atoms with van der Waals surface area (Å²) in [4.78, 5) is 0. The monoisotopic (exact) mass is 397 g/mol. The van der Waals surface area contributed by atoms with Gasteiger partial charge in [-0.3, -0.25) is 0 Å². The van der Waals surface area contributed by atoms with Crippen LogP contribution in [0.15, 0.2) is 29.0 Å². The predicted octanol–water partition coefficient (Wildman–Crippen LogP) is 7.63. The van der Waals surface area contributed by atoms with Gasteiger partial charge < -0.3 is 5.21 Å². The SMILES string of the molecule is CC(C)CCC[C@@H](C)[C@H]1CC[C@H]2[C@@H]3CCC4=CC(=NO)C=C[C@]4(C)[C@H]3CC[C@]12C. The second-order valence-electron chi connectivity index (χ2n) is 11.8. The number of nitrogens with zero attached hydrogens (tertiary/aromatic N) is 1. The molecular weight excluding hydrogens is 354 g/mol. The molecule has 4 aliphatic rings. The van der Waals surface area contributed by atoms with Crippen LogP contribution in [0.3, 0.4) is 0 Å². The van der Waals surface area contributed by atoms with Crippen molar-refractivity contribution in [3.8, 4) is 0 Å². The molecule has 0 unspecified atom stereocenters. The van der Waals surface area contributed by atoms with E-state index in [1.807, 2.05) is 6.08 Å². The number of hydrogen-bond donors (Lipinski definition) is 1. The van der Waals surface area contributed by atoms with E-state index in [4.69, 9.17) is 0 Å². The summed E-state index contributed by atoms with van der Waals surface area (Å²) >= 11 is 0. The minimum Gasteiger partial charge on any atom is -0.410 e. The van der Waals surface area contributed by atoms with Crippen molar-refractivity contribution < 1.29 is 5.21 Å². The molecule has 0 aliphatic heterocycles. The Labute approximate surface area is 178 Å². The first-order valence-corrected chi connectivity index (χ1v) is 12.4. The maximum Gasteiger partial charge on any atom is 0.102 e. The fourth-order valence-corrected chi connectivity index (χ4v) is 8.29. The Bertz CT molecular complexity index is 703. The van der Waals surface area contributed by atoms with E-state index in [-0.39, 0.29) is 5.41 Å². The van der Waals surface area contributed by atoms with Crippen LogP contribution in [0.1, 0.15) is 92.4 Å². The van der Waals surface area contributed by atoms with Gasteiger partial charge in [-0.1, -0.05) is 70.7 Å². The number of fused-ring (bicyclic) bond motifs is 5. The Hall–Kier alpha value is -1.05. The third-order valence-electron chi connectivity index (χ3n) is 9.89. The van der Waals surface area contributed by atoms with Crippen molar-refractivity contribution in [1.29, 1.82) is 0 Å². The van der Waals surface area contributed by atoms with Crippen LogP contribution >= 0.6 is 0 Å². The zero-order valence-corrected chi connectivity index (χ0v) is 19.5. The molecule has 0 radical (unpaired) electrons. The largest absolute Gasteiger partial charge is 0.410 e. The average Bonchev–Trinajstić information content (AvgIpc) is 3.04. The van der Waals surface area contributed by atoms with Gasteiger partial charge in [0.15, 0.2) is 0 Å². The Morgan fingerprint density at radius 3 is 2.59 bits per heavy atom. The van der Waals surface area contributed by atoms with Crippen LogP contribution in [-0.2, 0) is 0 Å². The second kappa shape index (κ2) is 7.89. The smallest absolute Gasteiger partial charge is 0.102 e. The summed E-state index contributed by atoms with van der Waals surface area (Å²) in [6.07, 6.45) is 19.0. The van der Waals surface area contributed by atoms with Gasteiger partial charge >= 0.3 is 0 Å². The van der Waals surface area contributed by atoms with Gasteiger partial charge in [0, 0.05) is 5.41 Å². The molecule has 0 spiro atoms. The highest BCUT2D eigenvalue weighted by atomic mass is 16.4. The summed E-state index contributed by atoms with van der Waals surface area (Å²) in [5.41, 5.74) is 2.98. The lowest BCUT2D eigenvalue weighted by Crippen LogP contribution is -2.50. The van der Waals surface area contributed by atoms with E-state index in [1.165, 1.54) is 63.4 Å². The topological polar surface area (TPSA) is 32.6 Å². The van der Waals surface area contributed by atoms with Gasteiger partial charge in [-0.05, 0) is 91.6 Å². The number of rotatable bonds is 5. The molecular formula is C27H43NO. The van der Waals surface area contributed by atoms with Crippen LogP contribution in [0.5, 0.6) is 0 Å². The molecule has 2 nitrogen and oxygen atoms in total. The second-order valence-corrected chi connectivity index (χ2v) is 11.8. The van der Waals surface area contributed by atoms with Crippen LogP contribution in [0.4, 0.5) is 0 Å². The van der Waals surface area contributed by atoms with Gasteiger partial charge in [-0.15, -0.1) is 0 Å². The van der Waals surface area contributed by atoms with Crippen molar-refractivity contribution in [2.45, 2.75) is 92.4 Å². The third-order valence-corrected chi connectivity index (χ3v) is 9.89. The molecule has 3 fully saturated rings. The van der Waals surface area contributed by atoms with E-state index < -0.39 is 0 Å². The maximum absolute atomic E-state index is 9.22. The van der Waals surface area contributed by atoms with E-state index in [2.05, 4.69) is 51.9 Å². The first-order valence-electron chi connectivity index (χ1n) is 12.4. The Morgan fingerprint density at radius 1 is 1.07 bits per heavy atom. The normalized spacial score (nSPS) is 43.7. The highest BCUT2D eigenvalue weighted by Gasteiger charge is 2.58. The van der Waals surface area contributed by atoms with E-state index in [0.29, 0.717) is 5.41 Å². The van der Waals surface area contributed by atoms with Crippen molar-refractivity contribution in [3.63, 3.8) is 0 Å². The lowest BCUT2D eigenvalue weighted by Gasteiger charge is -2.57. The Morgan fingerprint density at radius 2 is 1.86 bits per heavy atom. The molecule has 0 aromatic carbocycles. The van der Waals surface area contributed by atoms with E-state index in [1.54, 1.807) is 0 Å². The molecule has 4 aliphatic carbocycles. The molecule has 7 atom stereocenters. The van der Waals surface area contributed by atoms with Crippen LogP contribution in [-0.4, -0.2) is 10.9 Å². The standard InChI is InChI=1S/C27H43NO/c1-18(2)7-6-8-19(3)23-11-12-24-22-10-9-20-17-21(28-29)13-15-26(20,4)25(22)14-16-27(23,24)5/h13,15,17-19,22-25,29H,6-12,14,16H2,1-5H3/t19-,22+,23-,24+,25+,26+,27-/m1/s1. The van der Waals surface area contributed by atoms with Gasteiger partial charge in [0.25, 0.3) is 0 Å². The lowest BCUT2D eigenvalue weighted by atomic mass is 9.47. The lowest BCUT2D eigenvalue weighted by molar-refractivity contribution is -0.0434. The van der Waals surface area contributed by atoms with Gasteiger partial charge in [-0.2, -0.15) is 0 Å². The highest BCUT2D eigenvalue weighted by Crippen LogP contribution is 2.67. The predicted molar refractivity (Wildman–Crippen MR) is 122 cm³/mol. The summed E-state index contributed by atoms with van der Waals surface area (Å²) in [6, 6.07) is 0. The molecule has 0 amide bonds. The van der Waals surface area contributed by atoms with Crippen molar-refractivity contribution in [1.82, 2.24) is 0 Å². The van der Waals surface area contributed by atoms with Crippen molar-refractivity contribution in [3.05, 3.63) is 23.8 Å². The number of allylic oxidation sites excluding steroid dienone is 4. The van der Waals surface area contributed by atoms with Gasteiger partial charge in [-0.25, -0.2) is 0 Å². The fraction of sp³-hybridized carbons (Fsp3) is 0.815. The minimum atomic E-state index is 0.180. The molecule has 0 bridgehead atoms. The molecule has 162 valence electrons. The Kier molecular flexibility index (Phi) is 5.77. The van der Waals surface area contributed by atoms with Crippen LogP contribution in [0.25, 0.3) is 0 Å². The third kappa shape index (κ3) is 3.53. The molecule has 2 heteroatoms. The van der Waals surface area contributed by atoms with Crippen LogP contribution in [0.2, 0.25) is 0 Å². The molecule has 0 aromatic heterocycles. The van der Waals surface area contributed by atoms with E-state index >= 15 is 0 Å². The summed E-state index contributed by atoms with van der Waals surface area (Å²) in [5.74, 6) is 5.22. The number of oxime groups is 1. The summed E-state index contributed by atoms with van der Waals surface area (Å²) in [7, 11) is 0. The quantitative estimate of drug-likeness (QED) is 0.375. The zero-order chi connectivity index (χ0) is 20.8. The molecule has 0 aromatic rings. The van der Waals surface area contributed by atoms with Gasteiger partial charge in [0.05, 0.1) is 0 Å². The Balaban J connectivity index is 1.50. The van der Waals surface area contributed by atoms with Gasteiger partial charge in [0.2, 0.25) is 0 Å². The van der Waals surface area contributed by atoms with Crippen LogP contribution < -0.4 is 0 Å². The number of hydrogen-bond acceptors (Lipinski definition) is 2. The summed E-state index contributed by atoms with van der Waals surface area (Å²) in [5, 5.41) is 12.7. The molecule has 1 N–H and O–H groups in total.